The Bertz CT molecular complexity index is 1260. The molecule has 0 unspecified atom stereocenters. The molecule has 2 aromatic rings. The second-order valence-electron chi connectivity index (χ2n) is 5.69. The molecular weight excluding hydrogens is 416 g/mol. The van der Waals surface area contributed by atoms with E-state index in [4.69, 9.17) is 0 Å². The Kier molecular flexibility index (Phi) is 4.12. The van der Waals surface area contributed by atoms with E-state index < -0.39 is 87.8 Å². The number of hydrogen-bond acceptors (Lipinski definition) is 12. The van der Waals surface area contributed by atoms with Crippen LogP contribution in [0.5, 0.6) is 11.5 Å². The predicted molar refractivity (Wildman–Crippen MR) is 89.7 cm³/mol. The Morgan fingerprint density at radius 3 is 1.60 bits per heavy atom. The average Bonchev–Trinajstić information content (AvgIpc) is 2.65. The van der Waals surface area contributed by atoms with E-state index >= 15 is 0 Å². The molecule has 0 fully saturated rings. The van der Waals surface area contributed by atoms with Crippen LogP contribution in [0.25, 0.3) is 0 Å². The van der Waals surface area contributed by atoms with Crippen molar-refractivity contribution >= 4 is 34.3 Å². The first-order valence-corrected chi connectivity index (χ1v) is 7.37. The zero-order chi connectivity index (χ0) is 22.7. The predicted octanol–water partition coefficient (Wildman–Crippen LogP) is 1.51. The number of nitro benzene ring substituents is 4. The SMILES string of the molecule is O=C1c2ccc([N+](=O)[O-])c([N+](=O)[O-])c2C(=O)c2c1c(O)c(O)c([N+](=O)[O-])c2[N+](=O)[O-]. The molecule has 2 N–H and O–H groups in total. The Morgan fingerprint density at radius 2 is 1.13 bits per heavy atom. The van der Waals surface area contributed by atoms with Gasteiger partial charge in [-0.25, -0.2) is 0 Å². The molecule has 0 amide bonds. The van der Waals surface area contributed by atoms with E-state index in [9.17, 15) is 60.3 Å². The van der Waals surface area contributed by atoms with E-state index in [-0.39, 0.29) is 0 Å². The molecule has 0 spiro atoms. The van der Waals surface area contributed by atoms with Crippen LogP contribution in [-0.2, 0) is 0 Å². The van der Waals surface area contributed by atoms with Gasteiger partial charge in [0, 0.05) is 11.6 Å². The number of rotatable bonds is 4. The van der Waals surface area contributed by atoms with Crippen molar-refractivity contribution in [3.05, 3.63) is 74.8 Å². The number of nitrogens with zero attached hydrogens (tertiary/aromatic N) is 4. The molecule has 30 heavy (non-hydrogen) atoms. The van der Waals surface area contributed by atoms with Crippen molar-refractivity contribution in [2.24, 2.45) is 0 Å². The Labute approximate surface area is 161 Å². The maximum absolute atomic E-state index is 12.9. The van der Waals surface area contributed by atoms with Gasteiger partial charge in [0.05, 0.1) is 25.3 Å². The zero-order valence-electron chi connectivity index (χ0n) is 13.9. The van der Waals surface area contributed by atoms with Gasteiger partial charge in [-0.3, -0.25) is 50.0 Å². The Balaban J connectivity index is 2.58. The second kappa shape index (κ2) is 6.26. The van der Waals surface area contributed by atoms with Crippen LogP contribution in [0.2, 0.25) is 0 Å². The number of phenols is 2. The van der Waals surface area contributed by atoms with E-state index in [1.54, 1.807) is 0 Å². The van der Waals surface area contributed by atoms with Crippen LogP contribution in [0.3, 0.4) is 0 Å². The maximum Gasteiger partial charge on any atom is 0.391 e. The highest BCUT2D eigenvalue weighted by molar-refractivity contribution is 6.33. The number of fused-ring (bicyclic) bond motifs is 2. The smallest absolute Gasteiger partial charge is 0.391 e. The summed E-state index contributed by atoms with van der Waals surface area (Å²) in [4.78, 5) is 65.1. The Hall–Kier alpha value is -5.02. The van der Waals surface area contributed by atoms with Crippen LogP contribution in [0.1, 0.15) is 31.8 Å². The van der Waals surface area contributed by atoms with Gasteiger partial charge in [0.1, 0.15) is 11.1 Å². The van der Waals surface area contributed by atoms with Crippen LogP contribution in [0.15, 0.2) is 12.1 Å². The highest BCUT2D eigenvalue weighted by Crippen LogP contribution is 2.52. The fourth-order valence-electron chi connectivity index (χ4n) is 3.08. The standard InChI is InChI=1S/C14H4N4O12/c19-11-3-1-2-4(15(23)24)8(16(25)26)5(3)12(20)6-7(11)13(21)14(22)10(18(29)30)9(6)17(27)28/h1-2,21-22H. The van der Waals surface area contributed by atoms with E-state index in [0.29, 0.717) is 12.1 Å². The molecule has 0 saturated heterocycles. The van der Waals surface area contributed by atoms with E-state index in [1.165, 1.54) is 0 Å². The molecule has 1 aliphatic carbocycles. The van der Waals surface area contributed by atoms with Gasteiger partial charge in [-0.2, -0.15) is 0 Å². The molecule has 0 heterocycles. The lowest BCUT2D eigenvalue weighted by Gasteiger charge is -2.18. The molecule has 2 aromatic carbocycles. The molecular formula is C14H4N4O12. The second-order valence-corrected chi connectivity index (χ2v) is 5.69. The summed E-state index contributed by atoms with van der Waals surface area (Å²) < 4.78 is 0. The lowest BCUT2D eigenvalue weighted by atomic mass is 9.81. The summed E-state index contributed by atoms with van der Waals surface area (Å²) in [5.74, 6) is -6.39. The first-order chi connectivity index (χ1) is 13.9. The molecule has 0 radical (unpaired) electrons. The first-order valence-electron chi connectivity index (χ1n) is 7.37. The van der Waals surface area contributed by atoms with Crippen molar-refractivity contribution in [2.75, 3.05) is 0 Å². The topological polar surface area (TPSA) is 247 Å². The minimum atomic E-state index is -1.74. The van der Waals surface area contributed by atoms with Gasteiger partial charge in [0.25, 0.3) is 0 Å². The highest BCUT2D eigenvalue weighted by Gasteiger charge is 2.50. The molecule has 0 aromatic heterocycles. The lowest BCUT2D eigenvalue weighted by molar-refractivity contribution is -0.423. The van der Waals surface area contributed by atoms with Gasteiger partial charge in [-0.15, -0.1) is 0 Å². The third-order valence-corrected chi connectivity index (χ3v) is 4.22. The number of nitro groups is 4. The van der Waals surface area contributed by atoms with Gasteiger partial charge in [0.15, 0.2) is 11.5 Å². The van der Waals surface area contributed by atoms with Crippen molar-refractivity contribution in [3.8, 4) is 11.5 Å². The normalized spacial score (nSPS) is 12.1. The number of carbonyl (C=O) groups is 2. The van der Waals surface area contributed by atoms with Gasteiger partial charge in [0.2, 0.25) is 11.5 Å². The van der Waals surface area contributed by atoms with E-state index in [1.807, 2.05) is 0 Å². The number of hydrogen-bond donors (Lipinski definition) is 2. The van der Waals surface area contributed by atoms with Crippen LogP contribution in [-0.4, -0.2) is 41.5 Å². The van der Waals surface area contributed by atoms with Gasteiger partial charge in [-0.05, 0) is 6.07 Å². The summed E-state index contributed by atoms with van der Waals surface area (Å²) in [6, 6.07) is 1.18. The summed E-state index contributed by atoms with van der Waals surface area (Å²) in [7, 11) is 0. The number of phenolic OH excluding ortho intramolecular Hbond substituents is 2. The van der Waals surface area contributed by atoms with Crippen LogP contribution in [0.4, 0.5) is 22.7 Å². The monoisotopic (exact) mass is 420 g/mol. The summed E-state index contributed by atoms with van der Waals surface area (Å²) in [6.45, 7) is 0. The lowest BCUT2D eigenvalue weighted by Crippen LogP contribution is -2.24. The van der Waals surface area contributed by atoms with E-state index in [2.05, 4.69) is 0 Å². The number of ketones is 2. The quantitative estimate of drug-likeness (QED) is 0.346. The van der Waals surface area contributed by atoms with Gasteiger partial charge < -0.3 is 10.2 Å². The maximum atomic E-state index is 12.9. The Morgan fingerprint density at radius 1 is 0.600 bits per heavy atom. The molecule has 0 aliphatic heterocycles. The van der Waals surface area contributed by atoms with Crippen molar-refractivity contribution < 1.29 is 39.5 Å². The number of benzene rings is 2. The largest absolute Gasteiger partial charge is 0.504 e. The summed E-state index contributed by atoms with van der Waals surface area (Å²) >= 11 is 0. The summed E-state index contributed by atoms with van der Waals surface area (Å²) in [5, 5.41) is 64.9. The fourth-order valence-corrected chi connectivity index (χ4v) is 3.08. The van der Waals surface area contributed by atoms with E-state index in [0.717, 1.165) is 0 Å². The minimum Gasteiger partial charge on any atom is -0.504 e. The fraction of sp³-hybridized carbons (Fsp3) is 0. The molecule has 0 atom stereocenters. The number of aromatic hydroxyl groups is 2. The molecule has 16 nitrogen and oxygen atoms in total. The summed E-state index contributed by atoms with van der Waals surface area (Å²) in [5.41, 5.74) is -10.8. The first kappa shape index (κ1) is 19.7. The molecule has 1 aliphatic rings. The number of carbonyl (C=O) groups excluding carboxylic acids is 2. The molecule has 3 rings (SSSR count). The third-order valence-electron chi connectivity index (χ3n) is 4.22. The summed E-state index contributed by atoms with van der Waals surface area (Å²) in [6.07, 6.45) is 0. The highest BCUT2D eigenvalue weighted by atomic mass is 16.6. The molecule has 0 bridgehead atoms. The van der Waals surface area contributed by atoms with Crippen LogP contribution >= 0.6 is 0 Å². The van der Waals surface area contributed by atoms with Gasteiger partial charge in [-0.1, -0.05) is 0 Å². The molecule has 152 valence electrons. The van der Waals surface area contributed by atoms with Gasteiger partial charge >= 0.3 is 22.7 Å². The van der Waals surface area contributed by atoms with Crippen molar-refractivity contribution in [1.29, 1.82) is 0 Å². The minimum absolute atomic E-state index is 0.532. The molecule has 0 saturated carbocycles. The average molecular weight is 420 g/mol. The third kappa shape index (κ3) is 2.40. The van der Waals surface area contributed by atoms with Crippen molar-refractivity contribution in [1.82, 2.24) is 0 Å². The molecule has 16 heteroatoms. The van der Waals surface area contributed by atoms with Crippen LogP contribution < -0.4 is 0 Å². The van der Waals surface area contributed by atoms with Crippen LogP contribution in [0, 0.1) is 40.5 Å². The van der Waals surface area contributed by atoms with Crippen molar-refractivity contribution in [2.45, 2.75) is 0 Å². The van der Waals surface area contributed by atoms with Crippen molar-refractivity contribution in [3.63, 3.8) is 0 Å². The zero-order valence-corrected chi connectivity index (χ0v) is 13.9.